The van der Waals surface area contributed by atoms with Crippen molar-refractivity contribution in [1.82, 2.24) is 0 Å². The van der Waals surface area contributed by atoms with E-state index in [-0.39, 0.29) is 5.69 Å². The van der Waals surface area contributed by atoms with Crippen LogP contribution in [0.3, 0.4) is 0 Å². The van der Waals surface area contributed by atoms with Gasteiger partial charge in [-0.25, -0.2) is 0 Å². The fourth-order valence-electron chi connectivity index (χ4n) is 1.86. The molecule has 0 saturated heterocycles. The Morgan fingerprint density at radius 1 is 1.14 bits per heavy atom. The molecule has 0 radical (unpaired) electrons. The summed E-state index contributed by atoms with van der Waals surface area (Å²) in [4.78, 5) is 10.7. The SMILES string of the molecule is CCOc1ccc([N+](=O)[O-])c(Nc2ccc(OC)cc2)c1. The highest BCUT2D eigenvalue weighted by Crippen LogP contribution is 2.31. The molecule has 0 fully saturated rings. The summed E-state index contributed by atoms with van der Waals surface area (Å²) in [6.07, 6.45) is 0. The molecule has 0 saturated carbocycles. The standard InChI is InChI=1S/C15H16N2O4/c1-3-21-13-8-9-15(17(18)19)14(10-13)16-11-4-6-12(20-2)7-5-11/h4-10,16H,3H2,1-2H3. The summed E-state index contributed by atoms with van der Waals surface area (Å²) < 4.78 is 10.4. The highest BCUT2D eigenvalue weighted by molar-refractivity contribution is 5.71. The van der Waals surface area contributed by atoms with E-state index in [0.29, 0.717) is 18.0 Å². The zero-order chi connectivity index (χ0) is 15.2. The van der Waals surface area contributed by atoms with Gasteiger partial charge in [0, 0.05) is 17.8 Å². The molecule has 2 rings (SSSR count). The molecule has 0 aliphatic carbocycles. The normalized spacial score (nSPS) is 10.0. The van der Waals surface area contributed by atoms with Crippen molar-refractivity contribution in [2.75, 3.05) is 19.0 Å². The third kappa shape index (κ3) is 3.62. The van der Waals surface area contributed by atoms with Crippen LogP contribution in [-0.4, -0.2) is 18.6 Å². The molecule has 2 aromatic carbocycles. The van der Waals surface area contributed by atoms with Crippen LogP contribution in [0.1, 0.15) is 6.92 Å². The van der Waals surface area contributed by atoms with Crippen molar-refractivity contribution in [3.8, 4) is 11.5 Å². The summed E-state index contributed by atoms with van der Waals surface area (Å²) in [6, 6.07) is 11.8. The van der Waals surface area contributed by atoms with Crippen molar-refractivity contribution in [2.45, 2.75) is 6.92 Å². The second-order valence-corrected chi connectivity index (χ2v) is 4.22. The molecule has 0 aliphatic rings. The molecule has 0 spiro atoms. The van der Waals surface area contributed by atoms with E-state index in [0.717, 1.165) is 11.4 Å². The minimum Gasteiger partial charge on any atom is -0.497 e. The third-order valence-corrected chi connectivity index (χ3v) is 2.84. The number of hydrogen-bond acceptors (Lipinski definition) is 5. The molecule has 1 N–H and O–H groups in total. The van der Waals surface area contributed by atoms with Gasteiger partial charge < -0.3 is 14.8 Å². The minimum absolute atomic E-state index is 0.00530. The van der Waals surface area contributed by atoms with Crippen molar-refractivity contribution in [1.29, 1.82) is 0 Å². The molecule has 6 heteroatoms. The van der Waals surface area contributed by atoms with E-state index in [4.69, 9.17) is 9.47 Å². The fourth-order valence-corrected chi connectivity index (χ4v) is 1.86. The average molecular weight is 288 g/mol. The summed E-state index contributed by atoms with van der Waals surface area (Å²) in [6.45, 7) is 2.36. The van der Waals surface area contributed by atoms with Crippen molar-refractivity contribution >= 4 is 17.1 Å². The zero-order valence-electron chi connectivity index (χ0n) is 11.8. The van der Waals surface area contributed by atoms with Gasteiger partial charge in [-0.3, -0.25) is 10.1 Å². The van der Waals surface area contributed by atoms with E-state index >= 15 is 0 Å². The van der Waals surface area contributed by atoms with E-state index < -0.39 is 4.92 Å². The van der Waals surface area contributed by atoms with Gasteiger partial charge in [-0.15, -0.1) is 0 Å². The Morgan fingerprint density at radius 2 is 1.81 bits per heavy atom. The topological polar surface area (TPSA) is 73.6 Å². The van der Waals surface area contributed by atoms with Gasteiger partial charge in [-0.05, 0) is 37.3 Å². The van der Waals surface area contributed by atoms with Crippen molar-refractivity contribution < 1.29 is 14.4 Å². The predicted octanol–water partition coefficient (Wildman–Crippen LogP) is 3.75. The monoisotopic (exact) mass is 288 g/mol. The molecular weight excluding hydrogens is 272 g/mol. The third-order valence-electron chi connectivity index (χ3n) is 2.84. The fraction of sp³-hybridized carbons (Fsp3) is 0.200. The van der Waals surface area contributed by atoms with E-state index in [1.54, 1.807) is 43.5 Å². The first-order valence-electron chi connectivity index (χ1n) is 6.46. The van der Waals surface area contributed by atoms with Crippen LogP contribution in [0.4, 0.5) is 17.1 Å². The number of benzene rings is 2. The molecule has 6 nitrogen and oxygen atoms in total. The Kier molecular flexibility index (Phi) is 4.61. The van der Waals surface area contributed by atoms with Crippen molar-refractivity contribution in [2.24, 2.45) is 0 Å². The lowest BCUT2D eigenvalue weighted by atomic mass is 10.2. The van der Waals surface area contributed by atoms with Gasteiger partial charge in [-0.2, -0.15) is 0 Å². The number of nitrogens with zero attached hydrogens (tertiary/aromatic N) is 1. The molecule has 0 aliphatic heterocycles. The first kappa shape index (κ1) is 14.6. The van der Waals surface area contributed by atoms with Crippen LogP contribution in [0.25, 0.3) is 0 Å². The Labute approximate surface area is 122 Å². The van der Waals surface area contributed by atoms with Gasteiger partial charge in [0.25, 0.3) is 5.69 Å². The van der Waals surface area contributed by atoms with Gasteiger partial charge in [0.2, 0.25) is 0 Å². The number of rotatable bonds is 6. The number of methoxy groups -OCH3 is 1. The van der Waals surface area contributed by atoms with Crippen LogP contribution in [0.2, 0.25) is 0 Å². The van der Waals surface area contributed by atoms with E-state index in [2.05, 4.69) is 5.32 Å². The van der Waals surface area contributed by atoms with Gasteiger partial charge in [0.05, 0.1) is 18.6 Å². The van der Waals surface area contributed by atoms with Gasteiger partial charge in [-0.1, -0.05) is 0 Å². The molecule has 2 aromatic rings. The number of nitro groups is 1. The number of ether oxygens (including phenoxy) is 2. The Morgan fingerprint density at radius 3 is 2.38 bits per heavy atom. The Balaban J connectivity index is 2.30. The lowest BCUT2D eigenvalue weighted by molar-refractivity contribution is -0.383. The number of nitrogens with one attached hydrogen (secondary N) is 1. The smallest absolute Gasteiger partial charge is 0.292 e. The summed E-state index contributed by atoms with van der Waals surface area (Å²) in [5.41, 5.74) is 1.11. The molecule has 0 atom stereocenters. The van der Waals surface area contributed by atoms with Crippen molar-refractivity contribution in [3.05, 3.63) is 52.6 Å². The second kappa shape index (κ2) is 6.60. The maximum Gasteiger partial charge on any atom is 0.292 e. The second-order valence-electron chi connectivity index (χ2n) is 4.22. The lowest BCUT2D eigenvalue weighted by Crippen LogP contribution is -1.99. The summed E-state index contributed by atoms with van der Waals surface area (Å²) in [7, 11) is 1.58. The lowest BCUT2D eigenvalue weighted by Gasteiger charge is -2.10. The summed E-state index contributed by atoms with van der Waals surface area (Å²) in [5, 5.41) is 14.1. The quantitative estimate of drug-likeness (QED) is 0.647. The van der Waals surface area contributed by atoms with Crippen LogP contribution < -0.4 is 14.8 Å². The van der Waals surface area contributed by atoms with E-state index in [9.17, 15) is 10.1 Å². The first-order valence-corrected chi connectivity index (χ1v) is 6.46. The molecule has 21 heavy (non-hydrogen) atoms. The number of anilines is 2. The maximum absolute atomic E-state index is 11.1. The number of nitro benzene ring substituents is 1. The Hall–Kier alpha value is -2.76. The zero-order valence-corrected chi connectivity index (χ0v) is 11.8. The molecular formula is C15H16N2O4. The highest BCUT2D eigenvalue weighted by atomic mass is 16.6. The van der Waals surface area contributed by atoms with Gasteiger partial charge in [0.15, 0.2) is 0 Å². The molecule has 0 amide bonds. The van der Waals surface area contributed by atoms with E-state index in [1.807, 2.05) is 6.92 Å². The molecule has 0 unspecified atom stereocenters. The molecule has 0 aromatic heterocycles. The van der Waals surface area contributed by atoms with Gasteiger partial charge >= 0.3 is 0 Å². The summed E-state index contributed by atoms with van der Waals surface area (Å²) in [5.74, 6) is 1.30. The van der Waals surface area contributed by atoms with Gasteiger partial charge in [0.1, 0.15) is 17.2 Å². The molecule has 0 heterocycles. The largest absolute Gasteiger partial charge is 0.497 e. The summed E-state index contributed by atoms with van der Waals surface area (Å²) >= 11 is 0. The Bertz CT molecular complexity index is 626. The molecule has 0 bridgehead atoms. The van der Waals surface area contributed by atoms with E-state index in [1.165, 1.54) is 6.07 Å². The van der Waals surface area contributed by atoms with Crippen LogP contribution in [0, 0.1) is 10.1 Å². The van der Waals surface area contributed by atoms with Crippen LogP contribution in [0.15, 0.2) is 42.5 Å². The highest BCUT2D eigenvalue weighted by Gasteiger charge is 2.15. The average Bonchev–Trinajstić information content (AvgIpc) is 2.48. The minimum atomic E-state index is -0.429. The maximum atomic E-state index is 11.1. The van der Waals surface area contributed by atoms with Crippen molar-refractivity contribution in [3.63, 3.8) is 0 Å². The molecule has 110 valence electrons. The first-order chi connectivity index (χ1) is 10.1. The predicted molar refractivity (Wildman–Crippen MR) is 80.5 cm³/mol. The van der Waals surface area contributed by atoms with Crippen LogP contribution in [0.5, 0.6) is 11.5 Å². The van der Waals surface area contributed by atoms with Crippen LogP contribution in [-0.2, 0) is 0 Å². The van der Waals surface area contributed by atoms with Crippen LogP contribution >= 0.6 is 0 Å². The number of hydrogen-bond donors (Lipinski definition) is 1.